The number of hydrogen-bond acceptors (Lipinski definition) is 4. The molecule has 2 aromatic carbocycles. The molecule has 0 spiro atoms. The van der Waals surface area contributed by atoms with Crippen LogP contribution in [-0.4, -0.2) is 30.5 Å². The average molecular weight is 337 g/mol. The van der Waals surface area contributed by atoms with Crippen LogP contribution >= 0.6 is 0 Å². The summed E-state index contributed by atoms with van der Waals surface area (Å²) in [6.45, 7) is 0. The molecule has 0 amide bonds. The number of esters is 1. The quantitative estimate of drug-likeness (QED) is 0.405. The van der Waals surface area contributed by atoms with Crippen molar-refractivity contribution in [1.29, 1.82) is 0 Å². The Bertz CT molecular complexity index is 938. The second kappa shape index (κ2) is 6.81. The highest BCUT2D eigenvalue weighted by molar-refractivity contribution is 6.17. The number of hydrogen-bond donors (Lipinski definition) is 0. The first-order chi connectivity index (χ1) is 12.1. The molecule has 1 aromatic heterocycles. The summed E-state index contributed by atoms with van der Waals surface area (Å²) in [7, 11) is 4.80. The van der Waals surface area contributed by atoms with Crippen molar-refractivity contribution in [2.75, 3.05) is 14.2 Å². The maximum Gasteiger partial charge on any atom is 0.313 e. The van der Waals surface area contributed by atoms with Crippen LogP contribution in [0.25, 0.3) is 22.2 Å². The standard InChI is InChI=1S/C20H19NO4/c1-21-16-7-5-4-6-15(16)19(17(22)12-18(23)25-3)20(21)13-8-10-14(24-2)11-9-13/h4-11H,12H2,1-3H3. The van der Waals surface area contributed by atoms with E-state index in [0.29, 0.717) is 5.56 Å². The number of rotatable bonds is 5. The molecule has 0 bridgehead atoms. The Hall–Kier alpha value is -3.08. The third kappa shape index (κ3) is 3.01. The van der Waals surface area contributed by atoms with Gasteiger partial charge in [-0.25, -0.2) is 0 Å². The highest BCUT2D eigenvalue weighted by atomic mass is 16.5. The van der Waals surface area contributed by atoms with Crippen molar-refractivity contribution in [3.8, 4) is 17.0 Å². The molecular weight excluding hydrogens is 318 g/mol. The van der Waals surface area contributed by atoms with Gasteiger partial charge in [0.15, 0.2) is 5.78 Å². The van der Waals surface area contributed by atoms with Crippen molar-refractivity contribution < 1.29 is 19.1 Å². The summed E-state index contributed by atoms with van der Waals surface area (Å²) >= 11 is 0. The number of aryl methyl sites for hydroxylation is 1. The molecule has 5 nitrogen and oxygen atoms in total. The summed E-state index contributed by atoms with van der Waals surface area (Å²) in [5.74, 6) is -0.0574. The predicted octanol–water partition coefficient (Wildman–Crippen LogP) is 3.60. The van der Waals surface area contributed by atoms with Gasteiger partial charge in [0, 0.05) is 18.0 Å². The van der Waals surface area contributed by atoms with Gasteiger partial charge in [0.25, 0.3) is 0 Å². The van der Waals surface area contributed by atoms with Gasteiger partial charge in [-0.2, -0.15) is 0 Å². The number of Topliss-reactive ketones (excluding diaryl/α,β-unsaturated/α-hetero) is 1. The third-order valence-corrected chi connectivity index (χ3v) is 4.28. The first-order valence-corrected chi connectivity index (χ1v) is 7.88. The van der Waals surface area contributed by atoms with Crippen LogP contribution in [0, 0.1) is 0 Å². The van der Waals surface area contributed by atoms with Crippen molar-refractivity contribution >= 4 is 22.7 Å². The highest BCUT2D eigenvalue weighted by Crippen LogP contribution is 2.34. The number of carbonyl (C=O) groups excluding carboxylic acids is 2. The number of nitrogens with zero attached hydrogens (tertiary/aromatic N) is 1. The fraction of sp³-hybridized carbons (Fsp3) is 0.200. The van der Waals surface area contributed by atoms with Crippen LogP contribution in [0.1, 0.15) is 16.8 Å². The van der Waals surface area contributed by atoms with E-state index >= 15 is 0 Å². The summed E-state index contributed by atoms with van der Waals surface area (Å²) in [4.78, 5) is 24.4. The van der Waals surface area contributed by atoms with E-state index < -0.39 is 5.97 Å². The molecule has 0 N–H and O–H groups in total. The van der Waals surface area contributed by atoms with Gasteiger partial charge in [0.1, 0.15) is 12.2 Å². The first kappa shape index (κ1) is 16.8. The van der Waals surface area contributed by atoms with Gasteiger partial charge in [-0.15, -0.1) is 0 Å². The Balaban J connectivity index is 2.22. The molecule has 0 aliphatic rings. The zero-order chi connectivity index (χ0) is 18.0. The smallest absolute Gasteiger partial charge is 0.313 e. The number of para-hydroxylation sites is 1. The minimum absolute atomic E-state index is 0.255. The number of carbonyl (C=O) groups is 2. The van der Waals surface area contributed by atoms with E-state index in [1.807, 2.05) is 60.1 Å². The summed E-state index contributed by atoms with van der Waals surface area (Å²) in [6.07, 6.45) is -0.284. The van der Waals surface area contributed by atoms with Gasteiger partial charge in [-0.1, -0.05) is 18.2 Å². The summed E-state index contributed by atoms with van der Waals surface area (Å²) < 4.78 is 11.8. The number of ether oxygens (including phenoxy) is 2. The SMILES string of the molecule is COC(=O)CC(=O)c1c(-c2ccc(OC)cc2)n(C)c2ccccc12. The monoisotopic (exact) mass is 337 g/mol. The van der Waals surface area contributed by atoms with Gasteiger partial charge in [-0.05, 0) is 35.9 Å². The molecular formula is C20H19NO4. The Morgan fingerprint density at radius 3 is 2.32 bits per heavy atom. The van der Waals surface area contributed by atoms with Crippen LogP contribution in [-0.2, 0) is 16.6 Å². The van der Waals surface area contributed by atoms with Gasteiger partial charge < -0.3 is 14.0 Å². The van der Waals surface area contributed by atoms with Crippen LogP contribution < -0.4 is 4.74 Å². The molecule has 5 heteroatoms. The van der Waals surface area contributed by atoms with Crippen LogP contribution in [0.4, 0.5) is 0 Å². The van der Waals surface area contributed by atoms with Gasteiger partial charge in [0.2, 0.25) is 0 Å². The summed E-state index contributed by atoms with van der Waals surface area (Å²) in [5.41, 5.74) is 3.13. The van der Waals surface area contributed by atoms with Crippen LogP contribution in [0.3, 0.4) is 0 Å². The fourth-order valence-electron chi connectivity index (χ4n) is 3.05. The zero-order valence-corrected chi connectivity index (χ0v) is 14.4. The Morgan fingerprint density at radius 1 is 1.00 bits per heavy atom. The lowest BCUT2D eigenvalue weighted by molar-refractivity contribution is -0.139. The number of fused-ring (bicyclic) bond motifs is 1. The van der Waals surface area contributed by atoms with E-state index in [2.05, 4.69) is 4.74 Å². The number of methoxy groups -OCH3 is 2. The van der Waals surface area contributed by atoms with Crippen molar-refractivity contribution in [2.45, 2.75) is 6.42 Å². The van der Waals surface area contributed by atoms with E-state index in [1.165, 1.54) is 7.11 Å². The van der Waals surface area contributed by atoms with E-state index in [9.17, 15) is 9.59 Å². The second-order valence-electron chi connectivity index (χ2n) is 5.70. The first-order valence-electron chi connectivity index (χ1n) is 7.88. The van der Waals surface area contributed by atoms with Crippen LogP contribution in [0.2, 0.25) is 0 Å². The molecule has 0 atom stereocenters. The van der Waals surface area contributed by atoms with Crippen LogP contribution in [0.5, 0.6) is 5.75 Å². The van der Waals surface area contributed by atoms with E-state index in [-0.39, 0.29) is 12.2 Å². The molecule has 128 valence electrons. The minimum atomic E-state index is -0.543. The van der Waals surface area contributed by atoms with Gasteiger partial charge in [-0.3, -0.25) is 9.59 Å². The molecule has 0 radical (unpaired) electrons. The fourth-order valence-corrected chi connectivity index (χ4v) is 3.05. The summed E-state index contributed by atoms with van der Waals surface area (Å²) in [6, 6.07) is 15.2. The van der Waals surface area contributed by atoms with Crippen molar-refractivity contribution in [2.24, 2.45) is 7.05 Å². The molecule has 0 fully saturated rings. The van der Waals surface area contributed by atoms with Gasteiger partial charge in [0.05, 0.1) is 25.5 Å². The predicted molar refractivity (Wildman–Crippen MR) is 95.9 cm³/mol. The maximum atomic E-state index is 12.8. The Labute approximate surface area is 145 Å². The second-order valence-corrected chi connectivity index (χ2v) is 5.70. The normalized spacial score (nSPS) is 10.7. The van der Waals surface area contributed by atoms with E-state index in [4.69, 9.17) is 4.74 Å². The van der Waals surface area contributed by atoms with E-state index in [1.54, 1.807) is 7.11 Å². The van der Waals surface area contributed by atoms with Crippen molar-refractivity contribution in [3.63, 3.8) is 0 Å². The topological polar surface area (TPSA) is 57.5 Å². The minimum Gasteiger partial charge on any atom is -0.497 e. The molecule has 0 aliphatic heterocycles. The maximum absolute atomic E-state index is 12.8. The lowest BCUT2D eigenvalue weighted by Crippen LogP contribution is -2.10. The Kier molecular flexibility index (Phi) is 4.57. The lowest BCUT2D eigenvalue weighted by atomic mass is 10.00. The number of aromatic nitrogens is 1. The molecule has 25 heavy (non-hydrogen) atoms. The lowest BCUT2D eigenvalue weighted by Gasteiger charge is -2.09. The Morgan fingerprint density at radius 2 is 1.68 bits per heavy atom. The molecule has 3 aromatic rings. The molecule has 0 saturated carbocycles. The van der Waals surface area contributed by atoms with Gasteiger partial charge >= 0.3 is 5.97 Å². The third-order valence-electron chi connectivity index (χ3n) is 4.28. The number of ketones is 1. The van der Waals surface area contributed by atoms with Crippen molar-refractivity contribution in [1.82, 2.24) is 4.57 Å². The molecule has 0 aliphatic carbocycles. The highest BCUT2D eigenvalue weighted by Gasteiger charge is 2.24. The molecule has 0 saturated heterocycles. The molecule has 0 unspecified atom stereocenters. The molecule has 1 heterocycles. The van der Waals surface area contributed by atoms with Crippen molar-refractivity contribution in [3.05, 3.63) is 54.1 Å². The van der Waals surface area contributed by atoms with E-state index in [0.717, 1.165) is 27.9 Å². The zero-order valence-electron chi connectivity index (χ0n) is 14.4. The average Bonchev–Trinajstić information content (AvgIpc) is 2.94. The van der Waals surface area contributed by atoms with Crippen LogP contribution in [0.15, 0.2) is 48.5 Å². The summed E-state index contributed by atoms with van der Waals surface area (Å²) in [5, 5.41) is 0.824. The number of benzene rings is 2. The largest absolute Gasteiger partial charge is 0.497 e. The molecule has 3 rings (SSSR count).